The molecule has 1 heterocycles. The van der Waals surface area contributed by atoms with E-state index < -0.39 is 0 Å². The second-order valence-corrected chi connectivity index (χ2v) is 6.63. The summed E-state index contributed by atoms with van der Waals surface area (Å²) in [5.74, 6) is 0.345. The Morgan fingerprint density at radius 1 is 1.32 bits per heavy atom. The summed E-state index contributed by atoms with van der Waals surface area (Å²) in [7, 11) is 0. The predicted molar refractivity (Wildman–Crippen MR) is 89.9 cm³/mol. The van der Waals surface area contributed by atoms with E-state index >= 15 is 0 Å². The molecule has 3 N–H and O–H groups in total. The lowest BCUT2D eigenvalue weighted by atomic mass is 10.0. The number of hydrogen-bond donors (Lipinski definition) is 2. The zero-order valence-corrected chi connectivity index (χ0v) is 13.3. The van der Waals surface area contributed by atoms with Gasteiger partial charge in [-0.15, -0.1) is 0 Å². The molecule has 3 rings (SSSR count). The van der Waals surface area contributed by atoms with Crippen LogP contribution < -0.4 is 16.0 Å². The molecule has 0 bridgehead atoms. The summed E-state index contributed by atoms with van der Waals surface area (Å²) in [6, 6.07) is 8.90. The van der Waals surface area contributed by atoms with Gasteiger partial charge in [0.2, 0.25) is 5.91 Å². The molecule has 0 spiro atoms. The number of anilines is 1. The van der Waals surface area contributed by atoms with Crippen molar-refractivity contribution in [1.29, 1.82) is 0 Å². The number of nitrogens with two attached hydrogens (primary N) is 1. The van der Waals surface area contributed by atoms with Crippen LogP contribution in [0.3, 0.4) is 0 Å². The van der Waals surface area contributed by atoms with Crippen molar-refractivity contribution < 1.29 is 4.79 Å². The summed E-state index contributed by atoms with van der Waals surface area (Å²) in [4.78, 5) is 14.5. The van der Waals surface area contributed by atoms with E-state index in [1.54, 1.807) is 0 Å². The van der Waals surface area contributed by atoms with E-state index in [1.807, 2.05) is 0 Å². The zero-order chi connectivity index (χ0) is 15.4. The quantitative estimate of drug-likeness (QED) is 0.819. The van der Waals surface area contributed by atoms with E-state index in [4.69, 9.17) is 5.73 Å². The Labute approximate surface area is 133 Å². The molecule has 1 aliphatic carbocycles. The standard InChI is InChI=1S/C18H27N3O/c19-16-9-8-15(13-16)18(22)20-10-4-12-21-11-3-6-14-5-1-2-7-17(14)21/h1-2,5,7,15-16H,3-4,6,8-13,19H2,(H,20,22)/t15-,16+/m0/s1. The van der Waals surface area contributed by atoms with Crippen LogP contribution in [0.2, 0.25) is 0 Å². The van der Waals surface area contributed by atoms with Crippen LogP contribution in [0.25, 0.3) is 0 Å². The molecular formula is C18H27N3O. The van der Waals surface area contributed by atoms with Crippen molar-refractivity contribution in [3.63, 3.8) is 0 Å². The molecule has 1 fully saturated rings. The molecule has 22 heavy (non-hydrogen) atoms. The van der Waals surface area contributed by atoms with Gasteiger partial charge >= 0.3 is 0 Å². The third kappa shape index (κ3) is 3.61. The third-order valence-electron chi connectivity index (χ3n) is 4.95. The Morgan fingerprint density at radius 2 is 2.18 bits per heavy atom. The van der Waals surface area contributed by atoms with Crippen LogP contribution in [-0.4, -0.2) is 31.6 Å². The van der Waals surface area contributed by atoms with Crippen LogP contribution in [0.1, 0.15) is 37.7 Å². The largest absolute Gasteiger partial charge is 0.371 e. The van der Waals surface area contributed by atoms with E-state index in [-0.39, 0.29) is 17.9 Å². The number of nitrogens with one attached hydrogen (secondary N) is 1. The number of carbonyl (C=O) groups excluding carboxylic acids is 1. The zero-order valence-electron chi connectivity index (χ0n) is 13.3. The summed E-state index contributed by atoms with van der Waals surface area (Å²) in [5.41, 5.74) is 8.71. The first-order chi connectivity index (χ1) is 10.7. The number of para-hydroxylation sites is 1. The molecule has 1 aromatic rings. The number of benzene rings is 1. The fourth-order valence-corrected chi connectivity index (χ4v) is 3.72. The Hall–Kier alpha value is -1.55. The van der Waals surface area contributed by atoms with Crippen LogP contribution in [0.5, 0.6) is 0 Å². The fourth-order valence-electron chi connectivity index (χ4n) is 3.72. The van der Waals surface area contributed by atoms with E-state index in [2.05, 4.69) is 34.5 Å². The van der Waals surface area contributed by atoms with Crippen LogP contribution in [0.4, 0.5) is 5.69 Å². The normalized spacial score (nSPS) is 24.1. The summed E-state index contributed by atoms with van der Waals surface area (Å²) < 4.78 is 0. The lowest BCUT2D eigenvalue weighted by Crippen LogP contribution is -2.35. The summed E-state index contributed by atoms with van der Waals surface area (Å²) >= 11 is 0. The number of carbonyl (C=O) groups is 1. The highest BCUT2D eigenvalue weighted by molar-refractivity contribution is 5.78. The highest BCUT2D eigenvalue weighted by atomic mass is 16.1. The highest BCUT2D eigenvalue weighted by Crippen LogP contribution is 2.26. The number of fused-ring (bicyclic) bond motifs is 1. The molecule has 1 aliphatic heterocycles. The Morgan fingerprint density at radius 3 is 3.00 bits per heavy atom. The van der Waals surface area contributed by atoms with Crippen molar-refractivity contribution in [3.05, 3.63) is 29.8 Å². The molecule has 1 aromatic carbocycles. The summed E-state index contributed by atoms with van der Waals surface area (Å²) in [5, 5.41) is 3.09. The Balaban J connectivity index is 1.41. The van der Waals surface area contributed by atoms with Crippen LogP contribution >= 0.6 is 0 Å². The van der Waals surface area contributed by atoms with Crippen molar-refractivity contribution in [3.8, 4) is 0 Å². The summed E-state index contributed by atoms with van der Waals surface area (Å²) in [6.07, 6.45) is 6.20. The average molecular weight is 301 g/mol. The third-order valence-corrected chi connectivity index (χ3v) is 4.95. The fraction of sp³-hybridized carbons (Fsp3) is 0.611. The van der Waals surface area contributed by atoms with Gasteiger partial charge in [0.1, 0.15) is 0 Å². The minimum atomic E-state index is 0.144. The van der Waals surface area contributed by atoms with Crippen molar-refractivity contribution in [2.24, 2.45) is 11.7 Å². The second kappa shape index (κ2) is 7.14. The topological polar surface area (TPSA) is 58.4 Å². The molecule has 0 aromatic heterocycles. The molecule has 120 valence electrons. The first-order valence-corrected chi connectivity index (χ1v) is 8.60. The number of amides is 1. The molecule has 1 saturated carbocycles. The van der Waals surface area contributed by atoms with Crippen molar-refractivity contribution in [2.45, 2.75) is 44.6 Å². The Kier molecular flexibility index (Phi) is 4.98. The maximum atomic E-state index is 12.1. The summed E-state index contributed by atoms with van der Waals surface area (Å²) in [6.45, 7) is 2.91. The van der Waals surface area contributed by atoms with Gasteiger partial charge in [-0.2, -0.15) is 0 Å². The van der Waals surface area contributed by atoms with Gasteiger partial charge in [-0.1, -0.05) is 18.2 Å². The molecule has 2 atom stereocenters. The molecule has 4 heteroatoms. The monoisotopic (exact) mass is 301 g/mol. The number of hydrogen-bond acceptors (Lipinski definition) is 3. The smallest absolute Gasteiger partial charge is 0.223 e. The van der Waals surface area contributed by atoms with Crippen LogP contribution in [0.15, 0.2) is 24.3 Å². The van der Waals surface area contributed by atoms with Gasteiger partial charge in [-0.05, 0) is 50.2 Å². The van der Waals surface area contributed by atoms with E-state index in [1.165, 1.54) is 24.1 Å². The van der Waals surface area contributed by atoms with Crippen molar-refractivity contribution >= 4 is 11.6 Å². The van der Waals surface area contributed by atoms with Gasteiger partial charge < -0.3 is 16.0 Å². The van der Waals surface area contributed by atoms with E-state index in [9.17, 15) is 4.79 Å². The van der Waals surface area contributed by atoms with Gasteiger partial charge in [0.15, 0.2) is 0 Å². The maximum absolute atomic E-state index is 12.1. The van der Waals surface area contributed by atoms with Gasteiger partial charge in [0.05, 0.1) is 0 Å². The number of rotatable bonds is 5. The number of aryl methyl sites for hydroxylation is 1. The predicted octanol–water partition coefficient (Wildman–Crippen LogP) is 2.07. The molecule has 4 nitrogen and oxygen atoms in total. The maximum Gasteiger partial charge on any atom is 0.223 e. The molecule has 1 amide bonds. The minimum Gasteiger partial charge on any atom is -0.371 e. The lowest BCUT2D eigenvalue weighted by molar-refractivity contribution is -0.124. The van der Waals surface area contributed by atoms with Gasteiger partial charge in [0.25, 0.3) is 0 Å². The van der Waals surface area contributed by atoms with Gasteiger partial charge in [0, 0.05) is 37.3 Å². The van der Waals surface area contributed by atoms with Gasteiger partial charge in [-0.25, -0.2) is 0 Å². The first kappa shape index (κ1) is 15.3. The molecule has 2 aliphatic rings. The Bertz CT molecular complexity index is 517. The minimum absolute atomic E-state index is 0.144. The molecule has 0 unspecified atom stereocenters. The average Bonchev–Trinajstić information content (AvgIpc) is 2.98. The molecule has 0 radical (unpaired) electrons. The highest BCUT2D eigenvalue weighted by Gasteiger charge is 2.27. The van der Waals surface area contributed by atoms with E-state index in [0.29, 0.717) is 0 Å². The van der Waals surface area contributed by atoms with Crippen LogP contribution in [0, 0.1) is 5.92 Å². The first-order valence-electron chi connectivity index (χ1n) is 8.60. The lowest BCUT2D eigenvalue weighted by Gasteiger charge is -2.31. The number of nitrogens with zero attached hydrogens (tertiary/aromatic N) is 1. The van der Waals surface area contributed by atoms with Crippen molar-refractivity contribution in [1.82, 2.24) is 5.32 Å². The van der Waals surface area contributed by atoms with E-state index in [0.717, 1.165) is 45.3 Å². The van der Waals surface area contributed by atoms with Gasteiger partial charge in [-0.3, -0.25) is 4.79 Å². The molecular weight excluding hydrogens is 274 g/mol. The van der Waals surface area contributed by atoms with Crippen molar-refractivity contribution in [2.75, 3.05) is 24.5 Å². The second-order valence-electron chi connectivity index (χ2n) is 6.63. The van der Waals surface area contributed by atoms with Crippen LogP contribution in [-0.2, 0) is 11.2 Å². The molecule has 0 saturated heterocycles. The SMILES string of the molecule is N[C@@H]1CC[C@H](C(=O)NCCCN2CCCc3ccccc32)C1.